The van der Waals surface area contributed by atoms with Crippen molar-refractivity contribution in [3.05, 3.63) is 130 Å². The van der Waals surface area contributed by atoms with Gasteiger partial charge >= 0.3 is 0 Å². The van der Waals surface area contributed by atoms with Gasteiger partial charge < -0.3 is 5.11 Å². The molecule has 1 nitrogen and oxygen atoms in total. The predicted octanol–water partition coefficient (Wildman–Crippen LogP) is 9.58. The summed E-state index contributed by atoms with van der Waals surface area (Å²) in [6, 6.07) is 24.4. The number of rotatable bonds is 0. The maximum atomic E-state index is 12.2. The lowest BCUT2D eigenvalue weighted by atomic mass is 9.63. The molecule has 0 saturated heterocycles. The fourth-order valence-corrected chi connectivity index (χ4v) is 9.48. The zero-order chi connectivity index (χ0) is 29.0. The van der Waals surface area contributed by atoms with Gasteiger partial charge in [0.05, 0.1) is 5.41 Å². The highest BCUT2D eigenvalue weighted by Gasteiger charge is 2.51. The monoisotopic (exact) mass is 566 g/mol. The molecule has 0 aliphatic heterocycles. The Morgan fingerprint density at radius 3 is 2.12 bits per heavy atom. The molecule has 11 rings (SSSR count). The fourth-order valence-electron chi connectivity index (χ4n) is 8.98. The zero-order valence-corrected chi connectivity index (χ0v) is 25.8. The average molecular weight is 567 g/mol. The van der Waals surface area contributed by atoms with Crippen molar-refractivity contribution in [1.29, 1.82) is 0 Å². The number of aliphatic hydroxyl groups is 1. The highest BCUT2D eigenvalue weighted by atomic mass is 28.3. The molecule has 0 heterocycles. The molecule has 1 N–H and O–H groups in total. The molecule has 1 unspecified atom stereocenters. The minimum absolute atomic E-state index is 0.243. The van der Waals surface area contributed by atoms with E-state index in [2.05, 4.69) is 129 Å². The molecule has 1 spiro atoms. The second-order valence-electron chi connectivity index (χ2n) is 14.0. The molecular formula is C41H30OSi. The van der Waals surface area contributed by atoms with Gasteiger partial charge in [-0.1, -0.05) is 117 Å². The first-order valence-corrected chi connectivity index (χ1v) is 18.9. The van der Waals surface area contributed by atoms with Gasteiger partial charge in [0, 0.05) is 28.0 Å². The molecule has 0 radical (unpaired) electrons. The van der Waals surface area contributed by atoms with Crippen molar-refractivity contribution in [2.24, 2.45) is 0 Å². The summed E-state index contributed by atoms with van der Waals surface area (Å²) in [7, 11) is -1.72. The molecule has 6 aliphatic carbocycles. The Bertz CT molecular complexity index is 2300. The van der Waals surface area contributed by atoms with Crippen molar-refractivity contribution in [3.63, 3.8) is 0 Å². The van der Waals surface area contributed by atoms with Crippen LogP contribution in [-0.2, 0) is 5.41 Å². The van der Waals surface area contributed by atoms with E-state index in [1.54, 1.807) is 0 Å². The van der Waals surface area contributed by atoms with Crippen molar-refractivity contribution < 1.29 is 5.11 Å². The van der Waals surface area contributed by atoms with Crippen LogP contribution in [0.2, 0.25) is 19.6 Å². The van der Waals surface area contributed by atoms with E-state index in [1.165, 1.54) is 77.5 Å². The summed E-state index contributed by atoms with van der Waals surface area (Å²) in [5, 5.41) is 14.9. The van der Waals surface area contributed by atoms with E-state index in [4.69, 9.17) is 0 Å². The third kappa shape index (κ3) is 2.67. The maximum Gasteiger partial charge on any atom is 0.129 e. The van der Waals surface area contributed by atoms with Crippen LogP contribution in [0.25, 0.3) is 55.3 Å². The summed E-state index contributed by atoms with van der Waals surface area (Å²) in [4.78, 5) is 0. The van der Waals surface area contributed by atoms with Crippen molar-refractivity contribution in [3.8, 4) is 56.0 Å². The van der Waals surface area contributed by atoms with Gasteiger partial charge in [0.15, 0.2) is 0 Å². The SMILES string of the molecule is Cc1cccc2c1-c1c(c(C#C[Si](C)(C)C)c3c4c(c5c6c(c14)-c1ccccc1C61C=CC5C=C1)-c1ccccc1-3)C2O. The molecular weight excluding hydrogens is 537 g/mol. The molecule has 0 saturated carbocycles. The first-order valence-electron chi connectivity index (χ1n) is 15.4. The van der Waals surface area contributed by atoms with Gasteiger partial charge in [-0.25, -0.2) is 0 Å². The largest absolute Gasteiger partial charge is 0.384 e. The Morgan fingerprint density at radius 2 is 1.37 bits per heavy atom. The summed E-state index contributed by atoms with van der Waals surface area (Å²) in [5.74, 6) is 4.00. The topological polar surface area (TPSA) is 20.2 Å². The lowest BCUT2D eigenvalue weighted by molar-refractivity contribution is 0.225. The molecule has 2 heteroatoms. The number of aryl methyl sites for hydroxylation is 1. The molecule has 6 aliphatic rings. The highest BCUT2D eigenvalue weighted by Crippen LogP contribution is 2.68. The van der Waals surface area contributed by atoms with Crippen LogP contribution in [0.5, 0.6) is 0 Å². The molecule has 1 atom stereocenters. The Morgan fingerprint density at radius 1 is 0.698 bits per heavy atom. The second-order valence-corrected chi connectivity index (χ2v) is 18.7. The van der Waals surface area contributed by atoms with Gasteiger partial charge in [0.25, 0.3) is 0 Å². The molecule has 0 amide bonds. The van der Waals surface area contributed by atoms with Gasteiger partial charge in [-0.2, -0.15) is 0 Å². The molecule has 5 aromatic rings. The number of hydrogen-bond donors (Lipinski definition) is 1. The first-order chi connectivity index (χ1) is 20.8. The van der Waals surface area contributed by atoms with E-state index >= 15 is 0 Å². The van der Waals surface area contributed by atoms with Crippen LogP contribution < -0.4 is 0 Å². The van der Waals surface area contributed by atoms with E-state index in [0.717, 1.165) is 16.7 Å². The predicted molar refractivity (Wildman–Crippen MR) is 180 cm³/mol. The van der Waals surface area contributed by atoms with Crippen LogP contribution in [0.1, 0.15) is 51.0 Å². The number of hydrogen-bond acceptors (Lipinski definition) is 1. The van der Waals surface area contributed by atoms with E-state index < -0.39 is 14.2 Å². The first kappa shape index (κ1) is 24.1. The minimum Gasteiger partial charge on any atom is -0.384 e. The van der Waals surface area contributed by atoms with E-state index in [1.807, 2.05) is 0 Å². The van der Waals surface area contributed by atoms with Crippen LogP contribution in [0, 0.1) is 18.4 Å². The normalized spacial score (nSPS) is 21.8. The van der Waals surface area contributed by atoms with Gasteiger partial charge in [-0.15, -0.1) is 5.54 Å². The number of benzene rings is 5. The maximum absolute atomic E-state index is 12.2. The van der Waals surface area contributed by atoms with E-state index in [9.17, 15) is 5.11 Å². The van der Waals surface area contributed by atoms with Crippen molar-refractivity contribution in [1.82, 2.24) is 0 Å². The molecule has 0 fully saturated rings. The average Bonchev–Trinajstić information content (AvgIpc) is 3.61. The second kappa shape index (κ2) is 7.55. The number of aliphatic hydroxyl groups excluding tert-OH is 1. The minimum atomic E-state index is -1.72. The molecule has 0 aromatic heterocycles. The third-order valence-electron chi connectivity index (χ3n) is 10.5. The summed E-state index contributed by atoms with van der Waals surface area (Å²) < 4.78 is 0. The number of fused-ring (bicyclic) bond motifs is 10. The smallest absolute Gasteiger partial charge is 0.129 e. The lowest BCUT2D eigenvalue weighted by Gasteiger charge is -2.39. The van der Waals surface area contributed by atoms with Gasteiger partial charge in [-0.3, -0.25) is 0 Å². The summed E-state index contributed by atoms with van der Waals surface area (Å²) in [5.41, 5.74) is 22.2. The van der Waals surface area contributed by atoms with E-state index in [-0.39, 0.29) is 11.3 Å². The van der Waals surface area contributed by atoms with Crippen LogP contribution in [0.4, 0.5) is 0 Å². The summed E-state index contributed by atoms with van der Waals surface area (Å²) >= 11 is 0. The van der Waals surface area contributed by atoms with Crippen LogP contribution in [0.15, 0.2) is 91.0 Å². The third-order valence-corrected chi connectivity index (χ3v) is 11.4. The Labute approximate surface area is 253 Å². The molecule has 43 heavy (non-hydrogen) atoms. The lowest BCUT2D eigenvalue weighted by Crippen LogP contribution is -2.29. The Hall–Kier alpha value is -4.42. The van der Waals surface area contributed by atoms with Crippen LogP contribution in [0.3, 0.4) is 0 Å². The quantitative estimate of drug-likeness (QED) is 0.110. The van der Waals surface area contributed by atoms with Gasteiger partial charge in [0.1, 0.15) is 14.2 Å². The van der Waals surface area contributed by atoms with E-state index in [0.29, 0.717) is 0 Å². The number of allylic oxidation sites excluding steroid dienone is 4. The Kier molecular flexibility index (Phi) is 4.23. The zero-order valence-electron chi connectivity index (χ0n) is 24.8. The van der Waals surface area contributed by atoms with Crippen LogP contribution in [-0.4, -0.2) is 13.2 Å². The summed E-state index contributed by atoms with van der Waals surface area (Å²) in [6.45, 7) is 9.11. The standard InChI is InChI=1S/C41H30OSi/c1-22-10-9-14-28-30(22)36-35(40(28)42)27(18-21-43(2,3)4)32-24-11-5-6-12-25(24)33-31-23-16-19-41(20-17-23)29-15-8-7-13-26(29)34(39(31)41)38(36)37(32)33/h5-17,19-20,23,40,42H,1-4H3. The van der Waals surface area contributed by atoms with Crippen molar-refractivity contribution in [2.75, 3.05) is 0 Å². The molecule has 204 valence electrons. The summed E-state index contributed by atoms with van der Waals surface area (Å²) in [6.07, 6.45) is 9.06. The Balaban J connectivity index is 1.54. The van der Waals surface area contributed by atoms with Crippen molar-refractivity contribution in [2.45, 2.75) is 44.0 Å². The van der Waals surface area contributed by atoms with Crippen LogP contribution >= 0.6 is 0 Å². The molecule has 2 bridgehead atoms. The van der Waals surface area contributed by atoms with Crippen molar-refractivity contribution >= 4 is 18.8 Å². The van der Waals surface area contributed by atoms with Gasteiger partial charge in [0.2, 0.25) is 0 Å². The molecule has 5 aromatic carbocycles. The highest BCUT2D eigenvalue weighted by molar-refractivity contribution is 6.83. The fraction of sp³-hybridized carbons (Fsp3) is 0.171. The van der Waals surface area contributed by atoms with Gasteiger partial charge in [-0.05, 0) is 79.1 Å².